The van der Waals surface area contributed by atoms with Crippen molar-refractivity contribution in [2.24, 2.45) is 0 Å². The molecule has 0 aliphatic rings. The number of hydrogen-bond acceptors (Lipinski definition) is 5. The van der Waals surface area contributed by atoms with Crippen molar-refractivity contribution in [2.45, 2.75) is 26.4 Å². The van der Waals surface area contributed by atoms with Crippen LogP contribution in [0, 0.1) is 0 Å². The molecule has 1 N–H and O–H groups in total. The lowest BCUT2D eigenvalue weighted by atomic mass is 10.3. The minimum absolute atomic E-state index is 0.226. The average molecular weight is 212 g/mol. The van der Waals surface area contributed by atoms with Crippen LogP contribution in [0.3, 0.4) is 0 Å². The molecule has 0 saturated carbocycles. The van der Waals surface area contributed by atoms with Gasteiger partial charge in [-0.05, 0) is 13.8 Å². The van der Waals surface area contributed by atoms with E-state index in [0.29, 0.717) is 19.7 Å². The zero-order chi connectivity index (χ0) is 11.1. The molecule has 1 unspecified atom stereocenters. The summed E-state index contributed by atoms with van der Waals surface area (Å²) in [6, 6.07) is -0.284. The molecule has 0 radical (unpaired) electrons. The van der Waals surface area contributed by atoms with Crippen molar-refractivity contribution < 1.29 is 9.53 Å². The maximum Gasteiger partial charge on any atom is 0.322 e. The summed E-state index contributed by atoms with van der Waals surface area (Å²) >= 11 is 0. The zero-order valence-corrected chi connectivity index (χ0v) is 9.01. The van der Waals surface area contributed by atoms with Gasteiger partial charge in [0.1, 0.15) is 6.04 Å². The van der Waals surface area contributed by atoms with Crippen molar-refractivity contribution in [1.29, 1.82) is 0 Å². The van der Waals surface area contributed by atoms with Gasteiger partial charge in [0.25, 0.3) is 0 Å². The first-order chi connectivity index (χ1) is 7.24. The quantitative estimate of drug-likeness (QED) is 0.662. The molecule has 0 amide bonds. The van der Waals surface area contributed by atoms with Gasteiger partial charge < -0.3 is 10.1 Å². The Morgan fingerprint density at radius 2 is 2.47 bits per heavy atom. The van der Waals surface area contributed by atoms with Crippen molar-refractivity contribution in [3.63, 3.8) is 0 Å². The van der Waals surface area contributed by atoms with Gasteiger partial charge in [0, 0.05) is 12.7 Å². The highest BCUT2D eigenvalue weighted by Crippen LogP contribution is 1.88. The first-order valence-corrected chi connectivity index (χ1v) is 4.98. The molecule has 6 heteroatoms. The number of hydrogen-bond donors (Lipinski definition) is 1. The van der Waals surface area contributed by atoms with E-state index < -0.39 is 0 Å². The van der Waals surface area contributed by atoms with Gasteiger partial charge in [-0.1, -0.05) is 5.21 Å². The minimum Gasteiger partial charge on any atom is -0.465 e. The number of aromatic nitrogens is 3. The van der Waals surface area contributed by atoms with Crippen LogP contribution in [0.25, 0.3) is 0 Å². The van der Waals surface area contributed by atoms with E-state index in [1.807, 2.05) is 0 Å². The van der Waals surface area contributed by atoms with Crippen LogP contribution in [0.1, 0.15) is 13.8 Å². The number of carbonyl (C=O) groups is 1. The summed E-state index contributed by atoms with van der Waals surface area (Å²) in [4.78, 5) is 11.2. The number of carbonyl (C=O) groups excluding carboxylic acids is 1. The summed E-state index contributed by atoms with van der Waals surface area (Å²) in [5.41, 5.74) is 0. The van der Waals surface area contributed by atoms with Gasteiger partial charge in [0.2, 0.25) is 0 Å². The van der Waals surface area contributed by atoms with Gasteiger partial charge in [-0.15, -0.1) is 5.10 Å². The summed E-state index contributed by atoms with van der Waals surface area (Å²) in [5, 5.41) is 10.5. The van der Waals surface area contributed by atoms with Crippen molar-refractivity contribution in [3.05, 3.63) is 12.4 Å². The lowest BCUT2D eigenvalue weighted by Gasteiger charge is -2.11. The van der Waals surface area contributed by atoms with Crippen LogP contribution in [0.5, 0.6) is 0 Å². The van der Waals surface area contributed by atoms with Crippen molar-refractivity contribution in [1.82, 2.24) is 20.3 Å². The van der Waals surface area contributed by atoms with Crippen LogP contribution in [0.15, 0.2) is 12.4 Å². The highest BCUT2D eigenvalue weighted by Gasteiger charge is 2.11. The number of nitrogens with zero attached hydrogens (tertiary/aromatic N) is 3. The number of ether oxygens (including phenoxy) is 1. The highest BCUT2D eigenvalue weighted by molar-refractivity contribution is 5.75. The minimum atomic E-state index is -0.284. The van der Waals surface area contributed by atoms with Crippen LogP contribution in [-0.2, 0) is 16.1 Å². The Hall–Kier alpha value is -1.43. The third-order valence-electron chi connectivity index (χ3n) is 1.90. The summed E-state index contributed by atoms with van der Waals surface area (Å²) in [5.74, 6) is -0.226. The summed E-state index contributed by atoms with van der Waals surface area (Å²) in [6.45, 7) is 5.32. The van der Waals surface area contributed by atoms with Gasteiger partial charge in [-0.2, -0.15) is 0 Å². The van der Waals surface area contributed by atoms with Crippen molar-refractivity contribution >= 4 is 5.97 Å². The SMILES string of the molecule is CCOC(=O)C(C)NCCn1ccnn1. The van der Waals surface area contributed by atoms with Gasteiger partial charge >= 0.3 is 5.97 Å². The molecule has 0 spiro atoms. The van der Waals surface area contributed by atoms with E-state index >= 15 is 0 Å². The van der Waals surface area contributed by atoms with Gasteiger partial charge in [0.15, 0.2) is 0 Å². The Bertz CT molecular complexity index is 286. The lowest BCUT2D eigenvalue weighted by molar-refractivity contribution is -0.145. The molecule has 1 atom stereocenters. The fraction of sp³-hybridized carbons (Fsp3) is 0.667. The summed E-state index contributed by atoms with van der Waals surface area (Å²) in [7, 11) is 0. The lowest BCUT2D eigenvalue weighted by Crippen LogP contribution is -2.37. The van der Waals surface area contributed by atoms with Crippen molar-refractivity contribution in [3.8, 4) is 0 Å². The van der Waals surface area contributed by atoms with Crippen LogP contribution < -0.4 is 5.32 Å². The topological polar surface area (TPSA) is 69.0 Å². The first-order valence-electron chi connectivity index (χ1n) is 4.98. The molecule has 0 saturated heterocycles. The van der Waals surface area contributed by atoms with E-state index in [0.717, 1.165) is 0 Å². The molecule has 1 heterocycles. The summed E-state index contributed by atoms with van der Waals surface area (Å²) < 4.78 is 6.55. The smallest absolute Gasteiger partial charge is 0.322 e. The first kappa shape index (κ1) is 11.6. The number of nitrogens with one attached hydrogen (secondary N) is 1. The Labute approximate surface area is 88.6 Å². The second-order valence-corrected chi connectivity index (χ2v) is 3.09. The Kier molecular flexibility index (Phi) is 4.76. The largest absolute Gasteiger partial charge is 0.465 e. The molecular formula is C9H16N4O2. The Balaban J connectivity index is 2.17. The predicted octanol–water partition coefficient (Wildman–Crippen LogP) is -0.181. The molecule has 84 valence electrons. The monoisotopic (exact) mass is 212 g/mol. The van der Waals surface area contributed by atoms with Gasteiger partial charge in [0.05, 0.1) is 19.3 Å². The van der Waals surface area contributed by atoms with E-state index in [9.17, 15) is 4.79 Å². The summed E-state index contributed by atoms with van der Waals surface area (Å²) in [6.07, 6.45) is 3.39. The molecule has 0 fully saturated rings. The van der Waals surface area contributed by atoms with E-state index in [2.05, 4.69) is 15.6 Å². The van der Waals surface area contributed by atoms with Crippen LogP contribution in [0.2, 0.25) is 0 Å². The molecule has 0 aliphatic heterocycles. The molecule has 1 rings (SSSR count). The number of esters is 1. The van der Waals surface area contributed by atoms with E-state index in [1.54, 1.807) is 30.9 Å². The molecular weight excluding hydrogens is 196 g/mol. The van der Waals surface area contributed by atoms with Crippen LogP contribution in [-0.4, -0.2) is 40.2 Å². The van der Waals surface area contributed by atoms with Gasteiger partial charge in [-0.25, -0.2) is 0 Å². The van der Waals surface area contributed by atoms with E-state index in [1.165, 1.54) is 0 Å². The maximum atomic E-state index is 11.2. The average Bonchev–Trinajstić information content (AvgIpc) is 2.71. The molecule has 0 aromatic carbocycles. The zero-order valence-electron chi connectivity index (χ0n) is 9.01. The number of rotatable bonds is 6. The predicted molar refractivity (Wildman–Crippen MR) is 54.1 cm³/mol. The fourth-order valence-electron chi connectivity index (χ4n) is 1.10. The normalized spacial score (nSPS) is 12.4. The molecule has 0 bridgehead atoms. The molecule has 6 nitrogen and oxygen atoms in total. The third-order valence-corrected chi connectivity index (χ3v) is 1.90. The molecule has 0 aliphatic carbocycles. The fourth-order valence-corrected chi connectivity index (χ4v) is 1.10. The van der Waals surface area contributed by atoms with E-state index in [-0.39, 0.29) is 12.0 Å². The second kappa shape index (κ2) is 6.13. The maximum absolute atomic E-state index is 11.2. The van der Waals surface area contributed by atoms with Gasteiger partial charge in [-0.3, -0.25) is 9.48 Å². The molecule has 1 aromatic heterocycles. The Morgan fingerprint density at radius 1 is 1.67 bits per heavy atom. The van der Waals surface area contributed by atoms with Crippen LogP contribution >= 0.6 is 0 Å². The Morgan fingerprint density at radius 3 is 3.07 bits per heavy atom. The molecule has 1 aromatic rings. The van der Waals surface area contributed by atoms with Crippen LogP contribution in [0.4, 0.5) is 0 Å². The third kappa shape index (κ3) is 4.07. The van der Waals surface area contributed by atoms with E-state index in [4.69, 9.17) is 4.74 Å². The van der Waals surface area contributed by atoms with Crippen molar-refractivity contribution in [2.75, 3.05) is 13.2 Å². The second-order valence-electron chi connectivity index (χ2n) is 3.09. The highest BCUT2D eigenvalue weighted by atomic mass is 16.5. The standard InChI is InChI=1S/C9H16N4O2/c1-3-15-9(14)8(2)10-4-6-13-7-5-11-12-13/h5,7-8,10H,3-4,6H2,1-2H3. The molecule has 15 heavy (non-hydrogen) atoms.